The lowest BCUT2D eigenvalue weighted by molar-refractivity contribution is 0.0501. The van der Waals surface area contributed by atoms with Crippen LogP contribution in [0.25, 0.3) is 5.52 Å². The maximum Gasteiger partial charge on any atom is 0.158 e. The van der Waals surface area contributed by atoms with Gasteiger partial charge in [0, 0.05) is 37.6 Å². The quantitative estimate of drug-likeness (QED) is 0.662. The molecule has 3 heterocycles. The topological polar surface area (TPSA) is 91.7 Å². The SMILES string of the molecule is Cc1cccc(Nc2ncnn3ccc(CN4CC[C@H](N)[C@@H](O)C4)c23)c1. The smallest absolute Gasteiger partial charge is 0.158 e. The van der Waals surface area contributed by atoms with Crippen LogP contribution in [-0.2, 0) is 6.54 Å². The zero-order valence-electron chi connectivity index (χ0n) is 14.8. The van der Waals surface area contributed by atoms with Crippen LogP contribution in [0.5, 0.6) is 0 Å². The molecule has 26 heavy (non-hydrogen) atoms. The number of nitrogens with one attached hydrogen (secondary N) is 1. The van der Waals surface area contributed by atoms with Crippen LogP contribution in [0.3, 0.4) is 0 Å². The molecule has 1 fully saturated rings. The van der Waals surface area contributed by atoms with Crippen molar-refractivity contribution in [3.8, 4) is 0 Å². The summed E-state index contributed by atoms with van der Waals surface area (Å²) in [5, 5.41) is 17.8. The monoisotopic (exact) mass is 352 g/mol. The van der Waals surface area contributed by atoms with Gasteiger partial charge in [0.1, 0.15) is 11.8 Å². The molecule has 0 aliphatic carbocycles. The first-order chi connectivity index (χ1) is 12.6. The highest BCUT2D eigenvalue weighted by Gasteiger charge is 2.25. The van der Waals surface area contributed by atoms with Gasteiger partial charge >= 0.3 is 0 Å². The molecule has 0 amide bonds. The zero-order chi connectivity index (χ0) is 18.1. The predicted molar refractivity (Wildman–Crippen MR) is 101 cm³/mol. The molecule has 0 saturated carbocycles. The van der Waals surface area contributed by atoms with Gasteiger partial charge in [0.2, 0.25) is 0 Å². The average molecular weight is 352 g/mol. The summed E-state index contributed by atoms with van der Waals surface area (Å²) in [7, 11) is 0. The van der Waals surface area contributed by atoms with Crippen molar-refractivity contribution < 1.29 is 5.11 Å². The number of aliphatic hydroxyl groups excluding tert-OH is 1. The lowest BCUT2D eigenvalue weighted by Crippen LogP contribution is -2.50. The second kappa shape index (κ2) is 7.03. The molecule has 0 radical (unpaired) electrons. The molecule has 0 bridgehead atoms. The van der Waals surface area contributed by atoms with Crippen molar-refractivity contribution in [1.29, 1.82) is 0 Å². The fourth-order valence-corrected chi connectivity index (χ4v) is 3.50. The van der Waals surface area contributed by atoms with Crippen LogP contribution in [0, 0.1) is 6.92 Å². The number of fused-ring (bicyclic) bond motifs is 1. The van der Waals surface area contributed by atoms with Crippen LogP contribution in [0.15, 0.2) is 42.9 Å². The molecule has 0 spiro atoms. The Morgan fingerprint density at radius 2 is 2.23 bits per heavy atom. The summed E-state index contributed by atoms with van der Waals surface area (Å²) < 4.78 is 1.84. The van der Waals surface area contributed by atoms with Crippen LogP contribution in [0.1, 0.15) is 17.5 Å². The molecule has 4 rings (SSSR count). The van der Waals surface area contributed by atoms with Crippen LogP contribution in [-0.4, -0.2) is 49.8 Å². The summed E-state index contributed by atoms with van der Waals surface area (Å²) in [6.45, 7) is 4.27. The van der Waals surface area contributed by atoms with Crippen LogP contribution < -0.4 is 11.1 Å². The highest BCUT2D eigenvalue weighted by molar-refractivity contribution is 5.76. The molecule has 2 aromatic heterocycles. The molecular formula is C19H24N6O. The maximum atomic E-state index is 10.1. The minimum atomic E-state index is -0.473. The maximum absolute atomic E-state index is 10.1. The molecule has 7 heteroatoms. The summed E-state index contributed by atoms with van der Waals surface area (Å²) in [4.78, 5) is 6.68. The number of aromatic nitrogens is 3. The lowest BCUT2D eigenvalue weighted by Gasteiger charge is -2.33. The van der Waals surface area contributed by atoms with Gasteiger partial charge in [0.05, 0.1) is 6.10 Å². The standard InChI is InChI=1S/C19H24N6O/c1-13-3-2-4-15(9-13)23-19-18-14(5-8-25(18)22-12-21-19)10-24-7-6-16(20)17(26)11-24/h2-5,8-9,12,16-17,26H,6-7,10-11,20H2,1H3,(H,21,22,23)/t16-,17-/m0/s1. The van der Waals surface area contributed by atoms with Crippen LogP contribution in [0.2, 0.25) is 0 Å². The van der Waals surface area contributed by atoms with Crippen molar-refractivity contribution in [2.75, 3.05) is 18.4 Å². The second-order valence-electron chi connectivity index (χ2n) is 6.99. The normalized spacial score (nSPS) is 21.2. The number of likely N-dealkylation sites (tertiary alicyclic amines) is 1. The molecule has 1 aliphatic heterocycles. The number of aryl methyl sites for hydroxylation is 1. The van der Waals surface area contributed by atoms with Gasteiger partial charge in [-0.15, -0.1) is 0 Å². The van der Waals surface area contributed by atoms with Crippen molar-refractivity contribution >= 4 is 17.0 Å². The average Bonchev–Trinajstić information content (AvgIpc) is 3.02. The first-order valence-corrected chi connectivity index (χ1v) is 8.91. The molecule has 1 aromatic carbocycles. The molecule has 1 aliphatic rings. The third-order valence-corrected chi connectivity index (χ3v) is 4.93. The number of nitrogens with two attached hydrogens (primary N) is 1. The Labute approximate surface area is 152 Å². The Balaban J connectivity index is 1.62. The number of aliphatic hydroxyl groups is 1. The van der Waals surface area contributed by atoms with Crippen LogP contribution in [0.4, 0.5) is 11.5 Å². The van der Waals surface area contributed by atoms with Crippen molar-refractivity contribution in [2.24, 2.45) is 5.73 Å². The van der Waals surface area contributed by atoms with Crippen LogP contribution >= 0.6 is 0 Å². The van der Waals surface area contributed by atoms with Gasteiger partial charge in [-0.3, -0.25) is 4.90 Å². The van der Waals surface area contributed by atoms with E-state index in [9.17, 15) is 5.11 Å². The fraction of sp³-hybridized carbons (Fsp3) is 0.368. The van der Waals surface area contributed by atoms with Gasteiger partial charge in [-0.2, -0.15) is 5.10 Å². The molecule has 2 atom stereocenters. The highest BCUT2D eigenvalue weighted by atomic mass is 16.3. The van der Waals surface area contributed by atoms with Crippen molar-refractivity contribution in [3.63, 3.8) is 0 Å². The molecule has 3 aromatic rings. The van der Waals surface area contributed by atoms with Crippen molar-refractivity contribution in [2.45, 2.75) is 32.0 Å². The predicted octanol–water partition coefficient (Wildman–Crippen LogP) is 1.68. The highest BCUT2D eigenvalue weighted by Crippen LogP contribution is 2.25. The van der Waals surface area contributed by atoms with E-state index >= 15 is 0 Å². The van der Waals surface area contributed by atoms with E-state index in [4.69, 9.17) is 5.73 Å². The number of hydrogen-bond donors (Lipinski definition) is 3. The van der Waals surface area contributed by atoms with E-state index in [1.54, 1.807) is 6.33 Å². The Morgan fingerprint density at radius 1 is 1.35 bits per heavy atom. The minimum absolute atomic E-state index is 0.126. The van der Waals surface area contributed by atoms with E-state index in [0.717, 1.165) is 42.1 Å². The number of β-amino-alcohol motifs (C(OH)–C–C–N with tert-alkyl or cyclic N) is 1. The number of hydrogen-bond acceptors (Lipinski definition) is 6. The van der Waals surface area contributed by atoms with E-state index < -0.39 is 6.10 Å². The molecule has 136 valence electrons. The third kappa shape index (κ3) is 3.41. The van der Waals surface area contributed by atoms with Gasteiger partial charge in [0.25, 0.3) is 0 Å². The molecule has 4 N–H and O–H groups in total. The van der Waals surface area contributed by atoms with E-state index in [0.29, 0.717) is 6.54 Å². The summed E-state index contributed by atoms with van der Waals surface area (Å²) in [5.41, 5.74) is 10.2. The van der Waals surface area contributed by atoms with Gasteiger partial charge in [-0.25, -0.2) is 9.50 Å². The molecule has 1 saturated heterocycles. The van der Waals surface area contributed by atoms with Gasteiger partial charge < -0.3 is 16.2 Å². The first kappa shape index (κ1) is 17.0. The number of benzene rings is 1. The second-order valence-corrected chi connectivity index (χ2v) is 6.99. The molecule has 0 unspecified atom stereocenters. The number of piperidine rings is 1. The Bertz CT molecular complexity index is 908. The van der Waals surface area contributed by atoms with Crippen molar-refractivity contribution in [3.05, 3.63) is 54.0 Å². The zero-order valence-corrected chi connectivity index (χ0v) is 14.8. The van der Waals surface area contributed by atoms with E-state index in [1.165, 1.54) is 5.56 Å². The number of anilines is 2. The van der Waals surface area contributed by atoms with Crippen molar-refractivity contribution in [1.82, 2.24) is 19.5 Å². The molecular weight excluding hydrogens is 328 g/mol. The minimum Gasteiger partial charge on any atom is -0.390 e. The van der Waals surface area contributed by atoms with Gasteiger partial charge in [-0.05, 0) is 42.7 Å². The number of nitrogens with zero attached hydrogens (tertiary/aromatic N) is 4. The van der Waals surface area contributed by atoms with E-state index in [-0.39, 0.29) is 6.04 Å². The summed E-state index contributed by atoms with van der Waals surface area (Å²) in [6, 6.07) is 10.1. The first-order valence-electron chi connectivity index (χ1n) is 8.91. The van der Waals surface area contributed by atoms with Gasteiger partial charge in [0.15, 0.2) is 5.82 Å². The lowest BCUT2D eigenvalue weighted by atomic mass is 10.0. The number of rotatable bonds is 4. The Morgan fingerprint density at radius 3 is 3.04 bits per heavy atom. The fourth-order valence-electron chi connectivity index (χ4n) is 3.50. The Kier molecular flexibility index (Phi) is 4.58. The summed E-state index contributed by atoms with van der Waals surface area (Å²) >= 11 is 0. The molecule has 7 nitrogen and oxygen atoms in total. The Hall–Kier alpha value is -2.48. The van der Waals surface area contributed by atoms with E-state index in [1.807, 2.05) is 22.8 Å². The van der Waals surface area contributed by atoms with E-state index in [2.05, 4.69) is 45.4 Å². The van der Waals surface area contributed by atoms with Gasteiger partial charge in [-0.1, -0.05) is 12.1 Å². The summed E-state index contributed by atoms with van der Waals surface area (Å²) in [6.07, 6.45) is 3.83. The summed E-state index contributed by atoms with van der Waals surface area (Å²) in [5.74, 6) is 0.778. The third-order valence-electron chi connectivity index (χ3n) is 4.93. The largest absolute Gasteiger partial charge is 0.390 e.